The molecule has 1 saturated heterocycles. The molecule has 0 radical (unpaired) electrons. The summed E-state index contributed by atoms with van der Waals surface area (Å²) >= 11 is 0. The summed E-state index contributed by atoms with van der Waals surface area (Å²) in [6.45, 7) is 14.2. The number of amides is 1. The lowest BCUT2D eigenvalue weighted by Crippen LogP contribution is -2.54. The van der Waals surface area contributed by atoms with Crippen molar-refractivity contribution in [1.82, 2.24) is 20.2 Å². The van der Waals surface area contributed by atoms with Gasteiger partial charge in [-0.05, 0) is 94.8 Å². The Bertz CT molecular complexity index is 1150. The van der Waals surface area contributed by atoms with E-state index in [0.29, 0.717) is 11.8 Å². The summed E-state index contributed by atoms with van der Waals surface area (Å²) in [6, 6.07) is 11.2. The summed E-state index contributed by atoms with van der Waals surface area (Å²) in [4.78, 5) is 23.1. The van der Waals surface area contributed by atoms with Crippen molar-refractivity contribution < 1.29 is 4.79 Å². The first-order chi connectivity index (χ1) is 15.6. The van der Waals surface area contributed by atoms with Gasteiger partial charge in [0, 0.05) is 40.9 Å². The molecule has 0 atom stereocenters. The molecule has 0 unspecified atom stereocenters. The van der Waals surface area contributed by atoms with Gasteiger partial charge in [-0.15, -0.1) is 0 Å². The van der Waals surface area contributed by atoms with Crippen LogP contribution in [0.2, 0.25) is 0 Å². The Labute approximate surface area is 198 Å². The van der Waals surface area contributed by atoms with Crippen LogP contribution in [0.4, 0.5) is 0 Å². The van der Waals surface area contributed by atoms with Gasteiger partial charge in [-0.1, -0.05) is 19.9 Å². The molecule has 0 bridgehead atoms. The number of nitrogens with one attached hydrogen (secondary N) is 2. The summed E-state index contributed by atoms with van der Waals surface area (Å²) in [5.74, 6) is 1.08. The van der Waals surface area contributed by atoms with E-state index in [2.05, 4.69) is 73.3 Å². The molecule has 2 N–H and O–H groups in total. The number of aryl methyl sites for hydroxylation is 2. The zero-order valence-corrected chi connectivity index (χ0v) is 21.2. The molecule has 1 fully saturated rings. The SMILES string of the molecule is CNC(C)(C)C(=O)N1CCC(c2ccc3[nH]c(-c4cc(C)nc(C)c4)c(C(C)C)c3c2)CC1. The molecule has 0 aliphatic carbocycles. The molecule has 3 aromatic rings. The highest BCUT2D eigenvalue weighted by Crippen LogP contribution is 2.38. The Morgan fingerprint density at radius 2 is 1.76 bits per heavy atom. The average Bonchev–Trinajstić information content (AvgIpc) is 3.17. The zero-order valence-electron chi connectivity index (χ0n) is 21.2. The van der Waals surface area contributed by atoms with E-state index in [1.165, 1.54) is 33.3 Å². The van der Waals surface area contributed by atoms with Gasteiger partial charge in [0.15, 0.2) is 0 Å². The molecule has 176 valence electrons. The van der Waals surface area contributed by atoms with Gasteiger partial charge in [0.2, 0.25) is 5.91 Å². The van der Waals surface area contributed by atoms with Gasteiger partial charge in [-0.3, -0.25) is 9.78 Å². The van der Waals surface area contributed by atoms with Crippen molar-refractivity contribution in [3.05, 3.63) is 52.8 Å². The number of likely N-dealkylation sites (N-methyl/N-ethyl adjacent to an activating group) is 1. The molecule has 1 amide bonds. The number of carbonyl (C=O) groups excluding carboxylic acids is 1. The topological polar surface area (TPSA) is 61.0 Å². The van der Waals surface area contributed by atoms with E-state index in [9.17, 15) is 4.79 Å². The number of rotatable bonds is 5. The minimum Gasteiger partial charge on any atom is -0.354 e. The van der Waals surface area contributed by atoms with Crippen LogP contribution in [0.15, 0.2) is 30.3 Å². The van der Waals surface area contributed by atoms with E-state index in [4.69, 9.17) is 0 Å². The molecule has 4 rings (SSSR count). The second-order valence-corrected chi connectivity index (χ2v) is 10.5. The molecule has 1 aromatic carbocycles. The van der Waals surface area contributed by atoms with E-state index >= 15 is 0 Å². The van der Waals surface area contributed by atoms with Crippen LogP contribution >= 0.6 is 0 Å². The fourth-order valence-electron chi connectivity index (χ4n) is 5.21. The van der Waals surface area contributed by atoms with Gasteiger partial charge in [0.25, 0.3) is 0 Å². The largest absolute Gasteiger partial charge is 0.354 e. The lowest BCUT2D eigenvalue weighted by molar-refractivity contribution is -0.138. The Balaban J connectivity index is 1.64. The van der Waals surface area contributed by atoms with Crippen LogP contribution in [0.1, 0.15) is 74.9 Å². The Morgan fingerprint density at radius 1 is 1.12 bits per heavy atom. The first kappa shape index (κ1) is 23.5. The van der Waals surface area contributed by atoms with Crippen molar-refractivity contribution in [3.8, 4) is 11.3 Å². The third-order valence-electron chi connectivity index (χ3n) is 7.22. The number of carbonyl (C=O) groups is 1. The van der Waals surface area contributed by atoms with Crippen molar-refractivity contribution in [1.29, 1.82) is 0 Å². The molecule has 3 heterocycles. The van der Waals surface area contributed by atoms with Crippen LogP contribution < -0.4 is 5.32 Å². The number of aromatic amines is 1. The van der Waals surface area contributed by atoms with Crippen LogP contribution in [-0.4, -0.2) is 46.5 Å². The second-order valence-electron chi connectivity index (χ2n) is 10.5. The zero-order chi connectivity index (χ0) is 23.9. The van der Waals surface area contributed by atoms with Crippen LogP contribution in [0.25, 0.3) is 22.2 Å². The van der Waals surface area contributed by atoms with Crippen molar-refractivity contribution in [2.24, 2.45) is 0 Å². The van der Waals surface area contributed by atoms with Gasteiger partial charge >= 0.3 is 0 Å². The summed E-state index contributed by atoms with van der Waals surface area (Å²) in [5, 5.41) is 4.46. The molecule has 5 heteroatoms. The molecule has 1 aliphatic heterocycles. The van der Waals surface area contributed by atoms with E-state index in [1.54, 1.807) is 0 Å². The van der Waals surface area contributed by atoms with E-state index in [0.717, 1.165) is 37.3 Å². The number of benzene rings is 1. The maximum atomic E-state index is 12.8. The first-order valence-corrected chi connectivity index (χ1v) is 12.2. The lowest BCUT2D eigenvalue weighted by Gasteiger charge is -2.37. The number of hydrogen-bond donors (Lipinski definition) is 2. The number of pyridine rings is 1. The lowest BCUT2D eigenvalue weighted by atomic mass is 9.87. The molecule has 0 saturated carbocycles. The first-order valence-electron chi connectivity index (χ1n) is 12.2. The van der Waals surface area contributed by atoms with Gasteiger partial charge < -0.3 is 15.2 Å². The van der Waals surface area contributed by atoms with Crippen molar-refractivity contribution in [2.75, 3.05) is 20.1 Å². The summed E-state index contributed by atoms with van der Waals surface area (Å²) in [6.07, 6.45) is 2.02. The van der Waals surface area contributed by atoms with Gasteiger partial charge in [0.1, 0.15) is 0 Å². The van der Waals surface area contributed by atoms with E-state index < -0.39 is 5.54 Å². The fraction of sp³-hybridized carbons (Fsp3) is 0.500. The quantitative estimate of drug-likeness (QED) is 0.530. The average molecular weight is 447 g/mol. The fourth-order valence-corrected chi connectivity index (χ4v) is 5.21. The van der Waals surface area contributed by atoms with Gasteiger partial charge in [-0.2, -0.15) is 0 Å². The minimum atomic E-state index is -0.511. The molecule has 2 aromatic heterocycles. The Hall–Kier alpha value is -2.66. The monoisotopic (exact) mass is 446 g/mol. The second kappa shape index (κ2) is 8.94. The molecule has 0 spiro atoms. The number of piperidine rings is 1. The molecule has 33 heavy (non-hydrogen) atoms. The van der Waals surface area contributed by atoms with Gasteiger partial charge in [0.05, 0.1) is 11.2 Å². The Kier molecular flexibility index (Phi) is 6.37. The predicted molar refractivity (Wildman–Crippen MR) is 137 cm³/mol. The highest BCUT2D eigenvalue weighted by Gasteiger charge is 2.33. The number of likely N-dealkylation sites (tertiary alicyclic amines) is 1. The van der Waals surface area contributed by atoms with E-state index in [-0.39, 0.29) is 5.91 Å². The third-order valence-corrected chi connectivity index (χ3v) is 7.22. The highest BCUT2D eigenvalue weighted by molar-refractivity contribution is 5.92. The maximum absolute atomic E-state index is 12.8. The maximum Gasteiger partial charge on any atom is 0.242 e. The molecular formula is C28H38N4O. The summed E-state index contributed by atoms with van der Waals surface area (Å²) < 4.78 is 0. The molecule has 5 nitrogen and oxygen atoms in total. The van der Waals surface area contributed by atoms with Crippen LogP contribution in [0.3, 0.4) is 0 Å². The number of hydrogen-bond acceptors (Lipinski definition) is 3. The van der Waals surface area contributed by atoms with Crippen molar-refractivity contribution in [3.63, 3.8) is 0 Å². The van der Waals surface area contributed by atoms with Crippen molar-refractivity contribution in [2.45, 2.75) is 71.8 Å². The predicted octanol–water partition coefficient (Wildman–Crippen LogP) is 5.67. The molecular weight excluding hydrogens is 408 g/mol. The van der Waals surface area contributed by atoms with Crippen LogP contribution in [0, 0.1) is 13.8 Å². The third kappa shape index (κ3) is 4.56. The number of aromatic nitrogens is 2. The highest BCUT2D eigenvalue weighted by atomic mass is 16.2. The normalized spacial score (nSPS) is 15.6. The number of H-pyrrole nitrogens is 1. The van der Waals surface area contributed by atoms with Crippen LogP contribution in [-0.2, 0) is 4.79 Å². The Morgan fingerprint density at radius 3 is 2.33 bits per heavy atom. The smallest absolute Gasteiger partial charge is 0.242 e. The van der Waals surface area contributed by atoms with Crippen molar-refractivity contribution >= 4 is 16.8 Å². The summed E-state index contributed by atoms with van der Waals surface area (Å²) in [7, 11) is 1.85. The summed E-state index contributed by atoms with van der Waals surface area (Å²) in [5.41, 5.74) is 7.94. The minimum absolute atomic E-state index is 0.194. The van der Waals surface area contributed by atoms with E-state index in [1.807, 2.05) is 25.8 Å². The van der Waals surface area contributed by atoms with Crippen LogP contribution in [0.5, 0.6) is 0 Å². The molecule has 1 aliphatic rings. The number of nitrogens with zero attached hydrogens (tertiary/aromatic N) is 2. The standard InChI is InChI=1S/C28H38N4O/c1-17(2)25-23-16-21(20-10-12-32(13-11-20)27(33)28(5,6)29-7)8-9-24(23)31-26(25)22-14-18(3)30-19(4)15-22/h8-9,14-17,20,29,31H,10-13H2,1-7H3. The van der Waals surface area contributed by atoms with Gasteiger partial charge in [-0.25, -0.2) is 0 Å². The number of fused-ring (bicyclic) bond motifs is 1.